The predicted octanol–water partition coefficient (Wildman–Crippen LogP) is 1.27. The van der Waals surface area contributed by atoms with Gasteiger partial charge < -0.3 is 14.9 Å². The number of carboxylic acid groups (broad SMARTS) is 1. The molecule has 0 saturated carbocycles. The summed E-state index contributed by atoms with van der Waals surface area (Å²) in [6.45, 7) is 7.20. The molecule has 0 aromatic carbocycles. The molecule has 2 aliphatic rings. The molecule has 2 aliphatic heterocycles. The lowest BCUT2D eigenvalue weighted by molar-refractivity contribution is -0.137. The monoisotopic (exact) mass is 240 g/mol. The Bertz CT molecular complexity index is 252. The second kappa shape index (κ2) is 6.36. The summed E-state index contributed by atoms with van der Waals surface area (Å²) in [7, 11) is 0. The van der Waals surface area contributed by atoms with E-state index < -0.39 is 5.97 Å². The smallest absolute Gasteiger partial charge is 0.303 e. The van der Waals surface area contributed by atoms with Crippen LogP contribution in [0.5, 0.6) is 0 Å². The number of carboxylic acids is 1. The molecule has 0 bridgehead atoms. The Morgan fingerprint density at radius 1 is 1.12 bits per heavy atom. The highest BCUT2D eigenvalue weighted by atomic mass is 16.4. The maximum absolute atomic E-state index is 10.5. The van der Waals surface area contributed by atoms with Gasteiger partial charge in [0.05, 0.1) is 0 Å². The van der Waals surface area contributed by atoms with Crippen LogP contribution in [0.15, 0.2) is 0 Å². The van der Waals surface area contributed by atoms with Gasteiger partial charge >= 0.3 is 5.97 Å². The lowest BCUT2D eigenvalue weighted by Gasteiger charge is -2.20. The Balaban J connectivity index is 1.58. The van der Waals surface area contributed by atoms with E-state index in [9.17, 15) is 4.79 Å². The zero-order chi connectivity index (χ0) is 12.1. The molecule has 2 fully saturated rings. The highest BCUT2D eigenvalue weighted by Gasteiger charge is 2.23. The van der Waals surface area contributed by atoms with E-state index in [1.165, 1.54) is 45.4 Å². The molecular formula is C13H24N2O2. The lowest BCUT2D eigenvalue weighted by Crippen LogP contribution is -2.32. The van der Waals surface area contributed by atoms with Crippen LogP contribution < -0.4 is 0 Å². The number of rotatable bonds is 6. The first-order valence-electron chi connectivity index (χ1n) is 6.90. The van der Waals surface area contributed by atoms with Crippen molar-refractivity contribution in [2.24, 2.45) is 5.92 Å². The van der Waals surface area contributed by atoms with Crippen LogP contribution in [-0.2, 0) is 4.79 Å². The van der Waals surface area contributed by atoms with Crippen molar-refractivity contribution in [2.75, 3.05) is 39.3 Å². The van der Waals surface area contributed by atoms with E-state index in [1.807, 2.05) is 0 Å². The maximum atomic E-state index is 10.5. The summed E-state index contributed by atoms with van der Waals surface area (Å²) in [6.07, 6.45) is 5.11. The predicted molar refractivity (Wildman–Crippen MR) is 67.1 cm³/mol. The average Bonchev–Trinajstić information content (AvgIpc) is 2.95. The third-order valence-electron chi connectivity index (χ3n) is 4.07. The molecular weight excluding hydrogens is 216 g/mol. The zero-order valence-corrected chi connectivity index (χ0v) is 10.6. The Hall–Kier alpha value is -0.610. The van der Waals surface area contributed by atoms with Gasteiger partial charge in [-0.1, -0.05) is 0 Å². The number of nitrogens with zero attached hydrogens (tertiary/aromatic N) is 2. The van der Waals surface area contributed by atoms with Gasteiger partial charge in [0, 0.05) is 26.1 Å². The molecule has 0 aliphatic carbocycles. The fraction of sp³-hybridized carbons (Fsp3) is 0.923. The Morgan fingerprint density at radius 2 is 1.82 bits per heavy atom. The highest BCUT2D eigenvalue weighted by molar-refractivity contribution is 5.66. The Labute approximate surface area is 104 Å². The van der Waals surface area contributed by atoms with Gasteiger partial charge in [0.15, 0.2) is 0 Å². The third-order valence-corrected chi connectivity index (χ3v) is 4.07. The summed E-state index contributed by atoms with van der Waals surface area (Å²) in [5, 5.41) is 8.67. The Morgan fingerprint density at radius 3 is 2.53 bits per heavy atom. The van der Waals surface area contributed by atoms with Crippen molar-refractivity contribution in [1.29, 1.82) is 0 Å². The standard InChI is InChI=1S/C13H24N2O2/c16-13(17)4-3-12-5-8-15(11-12)10-9-14-6-1-2-7-14/h12H,1-11H2,(H,16,17). The van der Waals surface area contributed by atoms with Gasteiger partial charge in [-0.25, -0.2) is 0 Å². The van der Waals surface area contributed by atoms with E-state index >= 15 is 0 Å². The first-order valence-corrected chi connectivity index (χ1v) is 6.90. The molecule has 1 unspecified atom stereocenters. The van der Waals surface area contributed by atoms with Crippen LogP contribution in [0.2, 0.25) is 0 Å². The van der Waals surface area contributed by atoms with Crippen LogP contribution >= 0.6 is 0 Å². The first kappa shape index (κ1) is 12.8. The highest BCUT2D eigenvalue weighted by Crippen LogP contribution is 2.20. The molecule has 0 radical (unpaired) electrons. The zero-order valence-electron chi connectivity index (χ0n) is 10.6. The van der Waals surface area contributed by atoms with E-state index in [0.29, 0.717) is 12.3 Å². The quantitative estimate of drug-likeness (QED) is 0.759. The van der Waals surface area contributed by atoms with Crippen molar-refractivity contribution < 1.29 is 9.90 Å². The van der Waals surface area contributed by atoms with E-state index in [4.69, 9.17) is 5.11 Å². The van der Waals surface area contributed by atoms with Gasteiger partial charge in [0.1, 0.15) is 0 Å². The molecule has 2 heterocycles. The van der Waals surface area contributed by atoms with E-state index in [1.54, 1.807) is 0 Å². The number of hydrogen-bond donors (Lipinski definition) is 1. The molecule has 98 valence electrons. The van der Waals surface area contributed by atoms with Crippen LogP contribution in [0.4, 0.5) is 0 Å². The molecule has 0 amide bonds. The summed E-state index contributed by atoms with van der Waals surface area (Å²) in [4.78, 5) is 15.6. The summed E-state index contributed by atoms with van der Waals surface area (Å²) >= 11 is 0. The second-order valence-electron chi connectivity index (χ2n) is 5.44. The number of aliphatic carboxylic acids is 1. The molecule has 1 atom stereocenters. The van der Waals surface area contributed by atoms with Gasteiger partial charge in [-0.3, -0.25) is 4.79 Å². The van der Waals surface area contributed by atoms with E-state index in [-0.39, 0.29) is 0 Å². The molecule has 4 heteroatoms. The fourth-order valence-electron chi connectivity index (χ4n) is 2.97. The van der Waals surface area contributed by atoms with Crippen LogP contribution in [-0.4, -0.2) is 60.1 Å². The molecule has 0 spiro atoms. The molecule has 0 aromatic rings. The van der Waals surface area contributed by atoms with Crippen molar-refractivity contribution in [3.05, 3.63) is 0 Å². The van der Waals surface area contributed by atoms with Gasteiger partial charge in [0.2, 0.25) is 0 Å². The molecule has 17 heavy (non-hydrogen) atoms. The first-order chi connectivity index (χ1) is 8.24. The van der Waals surface area contributed by atoms with Gasteiger partial charge in [-0.2, -0.15) is 0 Å². The summed E-state index contributed by atoms with van der Waals surface area (Å²) in [6, 6.07) is 0. The number of likely N-dealkylation sites (tertiary alicyclic amines) is 2. The minimum Gasteiger partial charge on any atom is -0.481 e. The summed E-state index contributed by atoms with van der Waals surface area (Å²) in [5.74, 6) is -0.0369. The largest absolute Gasteiger partial charge is 0.481 e. The topological polar surface area (TPSA) is 43.8 Å². The van der Waals surface area contributed by atoms with Crippen LogP contribution in [0.25, 0.3) is 0 Å². The number of carbonyl (C=O) groups is 1. The summed E-state index contributed by atoms with van der Waals surface area (Å²) < 4.78 is 0. The second-order valence-corrected chi connectivity index (χ2v) is 5.44. The van der Waals surface area contributed by atoms with Crippen molar-refractivity contribution in [3.8, 4) is 0 Å². The molecule has 4 nitrogen and oxygen atoms in total. The SMILES string of the molecule is O=C(O)CCC1CCN(CCN2CCCC2)C1. The molecule has 2 rings (SSSR count). The van der Waals surface area contributed by atoms with E-state index in [0.717, 1.165) is 19.5 Å². The van der Waals surface area contributed by atoms with Gasteiger partial charge in [-0.05, 0) is 51.2 Å². The Kier molecular flexibility index (Phi) is 4.80. The lowest BCUT2D eigenvalue weighted by atomic mass is 10.0. The summed E-state index contributed by atoms with van der Waals surface area (Å²) in [5.41, 5.74) is 0. The molecule has 2 saturated heterocycles. The third kappa shape index (κ3) is 4.28. The normalized spacial score (nSPS) is 26.7. The van der Waals surface area contributed by atoms with Crippen molar-refractivity contribution in [3.63, 3.8) is 0 Å². The maximum Gasteiger partial charge on any atom is 0.303 e. The van der Waals surface area contributed by atoms with E-state index in [2.05, 4.69) is 9.80 Å². The van der Waals surface area contributed by atoms with Crippen molar-refractivity contribution in [1.82, 2.24) is 9.80 Å². The minimum atomic E-state index is -0.652. The van der Waals surface area contributed by atoms with Gasteiger partial charge in [0.25, 0.3) is 0 Å². The van der Waals surface area contributed by atoms with Crippen molar-refractivity contribution >= 4 is 5.97 Å². The average molecular weight is 240 g/mol. The molecule has 1 N–H and O–H groups in total. The van der Waals surface area contributed by atoms with Crippen LogP contribution in [0.3, 0.4) is 0 Å². The van der Waals surface area contributed by atoms with Crippen LogP contribution in [0, 0.1) is 5.92 Å². The van der Waals surface area contributed by atoms with Crippen LogP contribution in [0.1, 0.15) is 32.1 Å². The van der Waals surface area contributed by atoms with Gasteiger partial charge in [-0.15, -0.1) is 0 Å². The van der Waals surface area contributed by atoms with Crippen molar-refractivity contribution in [2.45, 2.75) is 32.1 Å². The number of hydrogen-bond acceptors (Lipinski definition) is 3. The fourth-order valence-corrected chi connectivity index (χ4v) is 2.97. The molecule has 0 aromatic heterocycles. The minimum absolute atomic E-state index is 0.338.